The second-order valence-corrected chi connectivity index (χ2v) is 5.51. The highest BCUT2D eigenvalue weighted by Gasteiger charge is 2.23. The van der Waals surface area contributed by atoms with E-state index in [-0.39, 0.29) is 12.5 Å². The lowest BCUT2D eigenvalue weighted by molar-refractivity contribution is 0.0674. The largest absolute Gasteiger partial charge is 0.497 e. The van der Waals surface area contributed by atoms with Gasteiger partial charge < -0.3 is 24.2 Å². The topological polar surface area (TPSA) is 68.2 Å². The monoisotopic (exact) mass is 345 g/mol. The normalized spacial score (nSPS) is 11.6. The SMILES string of the molecule is COc1ccc(C(O)CN(C)C(=O)c2c(OC)cccc2OC)cc1. The van der Waals surface area contributed by atoms with Crippen molar-refractivity contribution in [2.75, 3.05) is 34.9 Å². The van der Waals surface area contributed by atoms with Crippen LogP contribution in [-0.4, -0.2) is 50.8 Å². The standard InChI is InChI=1S/C19H23NO5/c1-20(12-15(21)13-8-10-14(23-2)11-9-13)19(22)18-16(24-3)6-5-7-17(18)25-4/h5-11,15,21H,12H2,1-4H3. The van der Waals surface area contributed by atoms with Crippen molar-refractivity contribution in [3.8, 4) is 17.2 Å². The van der Waals surface area contributed by atoms with Gasteiger partial charge in [0.1, 0.15) is 22.8 Å². The van der Waals surface area contributed by atoms with Crippen molar-refractivity contribution >= 4 is 5.91 Å². The van der Waals surface area contributed by atoms with Crippen LogP contribution < -0.4 is 14.2 Å². The minimum atomic E-state index is -0.819. The molecule has 0 spiro atoms. The van der Waals surface area contributed by atoms with Crippen LogP contribution in [-0.2, 0) is 0 Å². The number of hydrogen-bond acceptors (Lipinski definition) is 5. The van der Waals surface area contributed by atoms with Gasteiger partial charge in [0, 0.05) is 7.05 Å². The zero-order valence-electron chi connectivity index (χ0n) is 14.9. The first-order valence-corrected chi connectivity index (χ1v) is 7.80. The molecule has 6 nitrogen and oxygen atoms in total. The molecule has 0 bridgehead atoms. The summed E-state index contributed by atoms with van der Waals surface area (Å²) in [7, 11) is 6.20. The lowest BCUT2D eigenvalue weighted by Crippen LogP contribution is -2.31. The molecule has 1 amide bonds. The minimum Gasteiger partial charge on any atom is -0.497 e. The Morgan fingerprint density at radius 2 is 1.56 bits per heavy atom. The Hall–Kier alpha value is -2.73. The summed E-state index contributed by atoms with van der Waals surface area (Å²) in [5.41, 5.74) is 1.03. The highest BCUT2D eigenvalue weighted by molar-refractivity contribution is 5.99. The summed E-state index contributed by atoms with van der Waals surface area (Å²) >= 11 is 0. The highest BCUT2D eigenvalue weighted by Crippen LogP contribution is 2.30. The minimum absolute atomic E-state index is 0.131. The Kier molecular flexibility index (Phi) is 6.25. The van der Waals surface area contributed by atoms with E-state index in [2.05, 4.69) is 0 Å². The summed E-state index contributed by atoms with van der Waals surface area (Å²) in [5, 5.41) is 10.4. The molecule has 6 heteroatoms. The van der Waals surface area contributed by atoms with Gasteiger partial charge in [-0.1, -0.05) is 18.2 Å². The number of carbonyl (C=O) groups excluding carboxylic acids is 1. The van der Waals surface area contributed by atoms with Gasteiger partial charge in [-0.25, -0.2) is 0 Å². The predicted molar refractivity (Wildman–Crippen MR) is 94.5 cm³/mol. The Balaban J connectivity index is 2.17. The predicted octanol–water partition coefficient (Wildman–Crippen LogP) is 2.52. The fraction of sp³-hybridized carbons (Fsp3) is 0.316. The van der Waals surface area contributed by atoms with Crippen molar-refractivity contribution < 1.29 is 24.1 Å². The summed E-state index contributed by atoms with van der Waals surface area (Å²) in [6, 6.07) is 12.2. The van der Waals surface area contributed by atoms with E-state index in [1.165, 1.54) is 19.1 Å². The number of rotatable bonds is 7. The fourth-order valence-corrected chi connectivity index (χ4v) is 2.53. The van der Waals surface area contributed by atoms with E-state index in [9.17, 15) is 9.90 Å². The summed E-state index contributed by atoms with van der Waals surface area (Å²) < 4.78 is 15.6. The van der Waals surface area contributed by atoms with Gasteiger partial charge in [0.2, 0.25) is 0 Å². The zero-order chi connectivity index (χ0) is 18.4. The molecule has 1 unspecified atom stereocenters. The van der Waals surface area contributed by atoms with Crippen molar-refractivity contribution in [1.82, 2.24) is 4.90 Å². The molecule has 0 aromatic heterocycles. The molecule has 0 saturated heterocycles. The molecule has 0 aliphatic rings. The number of amides is 1. The van der Waals surface area contributed by atoms with Crippen molar-refractivity contribution in [2.24, 2.45) is 0 Å². The number of likely N-dealkylation sites (N-methyl/N-ethyl adjacent to an activating group) is 1. The van der Waals surface area contributed by atoms with E-state index >= 15 is 0 Å². The number of benzene rings is 2. The Labute approximate surface area is 147 Å². The molecule has 0 aliphatic carbocycles. The molecule has 1 N–H and O–H groups in total. The van der Waals surface area contributed by atoms with Gasteiger partial charge in [-0.05, 0) is 29.8 Å². The number of carbonyl (C=O) groups is 1. The Bertz CT molecular complexity index is 692. The number of methoxy groups -OCH3 is 3. The van der Waals surface area contributed by atoms with Gasteiger partial charge in [-0.3, -0.25) is 4.79 Å². The molecule has 2 aromatic rings. The maximum atomic E-state index is 12.8. The van der Waals surface area contributed by atoms with Crippen LogP contribution >= 0.6 is 0 Å². The van der Waals surface area contributed by atoms with E-state index in [1.54, 1.807) is 56.6 Å². The zero-order valence-corrected chi connectivity index (χ0v) is 14.9. The molecule has 0 radical (unpaired) electrons. The van der Waals surface area contributed by atoms with Crippen LogP contribution in [0, 0.1) is 0 Å². The average Bonchev–Trinajstić information content (AvgIpc) is 2.66. The average molecular weight is 345 g/mol. The molecule has 0 fully saturated rings. The number of ether oxygens (including phenoxy) is 3. The van der Waals surface area contributed by atoms with E-state index in [1.807, 2.05) is 0 Å². The van der Waals surface area contributed by atoms with Gasteiger partial charge in [0.15, 0.2) is 0 Å². The summed E-state index contributed by atoms with van der Waals surface area (Å²) in [6.07, 6.45) is -0.819. The molecule has 2 rings (SSSR count). The van der Waals surface area contributed by atoms with Gasteiger partial charge >= 0.3 is 0 Å². The Morgan fingerprint density at radius 3 is 2.04 bits per heavy atom. The van der Waals surface area contributed by atoms with E-state index < -0.39 is 6.10 Å². The van der Waals surface area contributed by atoms with Crippen LogP contribution in [0.5, 0.6) is 17.2 Å². The van der Waals surface area contributed by atoms with Crippen LogP contribution in [0.3, 0.4) is 0 Å². The van der Waals surface area contributed by atoms with Gasteiger partial charge in [0.25, 0.3) is 5.91 Å². The number of nitrogens with zero attached hydrogens (tertiary/aromatic N) is 1. The fourth-order valence-electron chi connectivity index (χ4n) is 2.53. The third-order valence-electron chi connectivity index (χ3n) is 3.94. The molecular formula is C19H23NO5. The molecule has 0 saturated carbocycles. The quantitative estimate of drug-likeness (QED) is 0.835. The van der Waals surface area contributed by atoms with E-state index in [0.29, 0.717) is 28.4 Å². The van der Waals surface area contributed by atoms with Crippen molar-refractivity contribution in [3.05, 3.63) is 53.6 Å². The molecule has 134 valence electrons. The van der Waals surface area contributed by atoms with Crippen LogP contribution in [0.1, 0.15) is 22.0 Å². The number of aliphatic hydroxyl groups is 1. The van der Waals surface area contributed by atoms with Crippen LogP contribution in [0.25, 0.3) is 0 Å². The van der Waals surface area contributed by atoms with E-state index in [0.717, 1.165) is 0 Å². The van der Waals surface area contributed by atoms with Crippen LogP contribution in [0.15, 0.2) is 42.5 Å². The smallest absolute Gasteiger partial charge is 0.261 e. The molecule has 2 aromatic carbocycles. The third-order valence-corrected chi connectivity index (χ3v) is 3.94. The lowest BCUT2D eigenvalue weighted by atomic mass is 10.1. The maximum Gasteiger partial charge on any atom is 0.261 e. The maximum absolute atomic E-state index is 12.8. The van der Waals surface area contributed by atoms with Crippen LogP contribution in [0.2, 0.25) is 0 Å². The molecular weight excluding hydrogens is 322 g/mol. The lowest BCUT2D eigenvalue weighted by Gasteiger charge is -2.23. The first-order valence-electron chi connectivity index (χ1n) is 7.80. The Morgan fingerprint density at radius 1 is 1.00 bits per heavy atom. The second kappa shape index (κ2) is 8.39. The van der Waals surface area contributed by atoms with Gasteiger partial charge in [-0.2, -0.15) is 0 Å². The summed E-state index contributed by atoms with van der Waals surface area (Å²) in [5.74, 6) is 1.27. The van der Waals surface area contributed by atoms with Crippen molar-refractivity contribution in [3.63, 3.8) is 0 Å². The van der Waals surface area contributed by atoms with Gasteiger partial charge in [-0.15, -0.1) is 0 Å². The molecule has 25 heavy (non-hydrogen) atoms. The summed E-state index contributed by atoms with van der Waals surface area (Å²) in [6.45, 7) is 0.131. The van der Waals surface area contributed by atoms with Crippen molar-refractivity contribution in [2.45, 2.75) is 6.10 Å². The van der Waals surface area contributed by atoms with Crippen LogP contribution in [0.4, 0.5) is 0 Å². The van der Waals surface area contributed by atoms with E-state index in [4.69, 9.17) is 14.2 Å². The van der Waals surface area contributed by atoms with Crippen molar-refractivity contribution in [1.29, 1.82) is 0 Å². The first-order chi connectivity index (χ1) is 12.0. The number of hydrogen-bond donors (Lipinski definition) is 1. The van der Waals surface area contributed by atoms with Gasteiger partial charge in [0.05, 0.1) is 34.0 Å². The molecule has 1 atom stereocenters. The molecule has 0 aliphatic heterocycles. The molecule has 0 heterocycles. The third kappa shape index (κ3) is 4.22. The highest BCUT2D eigenvalue weighted by atomic mass is 16.5. The first kappa shape index (κ1) is 18.6. The number of aliphatic hydroxyl groups excluding tert-OH is 1. The summed E-state index contributed by atoms with van der Waals surface area (Å²) in [4.78, 5) is 14.2. The second-order valence-electron chi connectivity index (χ2n) is 5.51.